The summed E-state index contributed by atoms with van der Waals surface area (Å²) in [6, 6.07) is 8.18. The Bertz CT molecular complexity index is 833. The van der Waals surface area contributed by atoms with Gasteiger partial charge in [0.05, 0.1) is 16.9 Å². The van der Waals surface area contributed by atoms with Gasteiger partial charge in [0.1, 0.15) is 11.8 Å². The lowest BCUT2D eigenvalue weighted by Crippen LogP contribution is -2.43. The Morgan fingerprint density at radius 2 is 2.12 bits per heavy atom. The van der Waals surface area contributed by atoms with Gasteiger partial charge in [-0.3, -0.25) is 4.79 Å². The number of nitriles is 1. The fourth-order valence-electron chi connectivity index (χ4n) is 3.42. The van der Waals surface area contributed by atoms with Gasteiger partial charge in [-0.15, -0.1) is 0 Å². The highest BCUT2D eigenvalue weighted by Crippen LogP contribution is 2.29. The van der Waals surface area contributed by atoms with E-state index in [1.54, 1.807) is 23.2 Å². The summed E-state index contributed by atoms with van der Waals surface area (Å²) < 4.78 is 1.77. The number of imidazole rings is 1. The number of aromatic nitrogens is 2. The Balaban J connectivity index is 1.55. The third-order valence-electron chi connectivity index (χ3n) is 5.00. The van der Waals surface area contributed by atoms with Crippen molar-refractivity contribution in [2.45, 2.75) is 37.8 Å². The van der Waals surface area contributed by atoms with Crippen LogP contribution in [0.5, 0.6) is 0 Å². The summed E-state index contributed by atoms with van der Waals surface area (Å²) >= 11 is 6.15. The molecule has 1 aromatic heterocycles. The fraction of sp³-hybridized carbons (Fsp3) is 0.421. The zero-order valence-electron chi connectivity index (χ0n) is 14.9. The van der Waals surface area contributed by atoms with Gasteiger partial charge in [-0.25, -0.2) is 4.98 Å². The number of carbonyl (C=O) groups excluding carboxylic acids is 1. The first kappa shape index (κ1) is 18.3. The predicted octanol–water partition coefficient (Wildman–Crippen LogP) is 3.12. The van der Waals surface area contributed by atoms with E-state index in [9.17, 15) is 4.79 Å². The van der Waals surface area contributed by atoms with Crippen molar-refractivity contribution in [2.75, 3.05) is 11.9 Å². The minimum Gasteiger partial charge on any atom is -0.372 e. The summed E-state index contributed by atoms with van der Waals surface area (Å²) in [5.74, 6) is -0.110. The molecule has 1 amide bonds. The van der Waals surface area contributed by atoms with Crippen LogP contribution < -0.4 is 10.2 Å². The number of hydrogen-bond donors (Lipinski definition) is 1. The van der Waals surface area contributed by atoms with Gasteiger partial charge in [-0.05, 0) is 43.9 Å². The molecule has 1 saturated carbocycles. The molecule has 0 bridgehead atoms. The minimum absolute atomic E-state index is 0.110. The molecule has 1 aliphatic carbocycles. The van der Waals surface area contributed by atoms with Crippen LogP contribution >= 0.6 is 11.6 Å². The number of aryl methyl sites for hydroxylation is 1. The maximum atomic E-state index is 12.2. The first-order chi connectivity index (χ1) is 12.5. The number of benzene rings is 1. The number of carbonyl (C=O) groups is 1. The number of nitrogens with one attached hydrogen (secondary N) is 1. The molecule has 0 atom stereocenters. The third-order valence-corrected chi connectivity index (χ3v) is 5.31. The Morgan fingerprint density at radius 1 is 1.38 bits per heavy atom. The van der Waals surface area contributed by atoms with Gasteiger partial charge in [0.2, 0.25) is 0 Å². The number of rotatable bonds is 4. The van der Waals surface area contributed by atoms with E-state index in [1.165, 1.54) is 0 Å². The first-order valence-corrected chi connectivity index (χ1v) is 9.07. The lowest BCUT2D eigenvalue weighted by Gasteiger charge is -2.36. The number of nitrogens with zero attached hydrogens (tertiary/aromatic N) is 4. The molecule has 1 aliphatic rings. The Morgan fingerprint density at radius 3 is 2.69 bits per heavy atom. The molecule has 1 N–H and O–H groups in total. The van der Waals surface area contributed by atoms with E-state index in [-0.39, 0.29) is 11.9 Å². The van der Waals surface area contributed by atoms with Gasteiger partial charge in [0.25, 0.3) is 5.91 Å². The molecule has 1 aromatic carbocycles. The highest BCUT2D eigenvalue weighted by molar-refractivity contribution is 6.32. The number of hydrogen-bond acceptors (Lipinski definition) is 4. The minimum atomic E-state index is -0.110. The van der Waals surface area contributed by atoms with Gasteiger partial charge in [-0.1, -0.05) is 11.6 Å². The van der Waals surface area contributed by atoms with Crippen LogP contribution in [-0.4, -0.2) is 34.6 Å². The Hall–Kier alpha value is -2.52. The van der Waals surface area contributed by atoms with E-state index in [0.717, 1.165) is 31.4 Å². The van der Waals surface area contributed by atoms with Crippen LogP contribution in [0.4, 0.5) is 5.69 Å². The molecule has 136 valence electrons. The summed E-state index contributed by atoms with van der Waals surface area (Å²) in [7, 11) is 3.90. The molecule has 2 aromatic rings. The quantitative estimate of drug-likeness (QED) is 0.896. The summed E-state index contributed by atoms with van der Waals surface area (Å²) in [6.07, 6.45) is 7.19. The van der Waals surface area contributed by atoms with E-state index >= 15 is 0 Å². The molecule has 0 spiro atoms. The average Bonchev–Trinajstić information content (AvgIpc) is 3.08. The molecular weight excluding hydrogens is 350 g/mol. The second-order valence-corrected chi connectivity index (χ2v) is 7.20. The summed E-state index contributed by atoms with van der Waals surface area (Å²) in [5.41, 5.74) is 1.96. The number of halogens is 1. The van der Waals surface area contributed by atoms with Gasteiger partial charge in [0.15, 0.2) is 0 Å². The van der Waals surface area contributed by atoms with Gasteiger partial charge in [0, 0.05) is 38.1 Å². The molecule has 3 rings (SSSR count). The molecule has 0 unspecified atom stereocenters. The van der Waals surface area contributed by atoms with E-state index < -0.39 is 0 Å². The molecule has 1 fully saturated rings. The van der Waals surface area contributed by atoms with Crippen LogP contribution in [0.2, 0.25) is 5.02 Å². The van der Waals surface area contributed by atoms with Crippen molar-refractivity contribution < 1.29 is 4.79 Å². The highest BCUT2D eigenvalue weighted by Gasteiger charge is 2.26. The monoisotopic (exact) mass is 371 g/mol. The summed E-state index contributed by atoms with van der Waals surface area (Å²) in [6.45, 7) is 0. The zero-order valence-corrected chi connectivity index (χ0v) is 15.7. The summed E-state index contributed by atoms with van der Waals surface area (Å²) in [5, 5.41) is 12.6. The molecular formula is C19H22ClN5O. The maximum absolute atomic E-state index is 12.2. The second-order valence-electron chi connectivity index (χ2n) is 6.79. The average molecular weight is 372 g/mol. The topological polar surface area (TPSA) is 74.0 Å². The Kier molecular flexibility index (Phi) is 5.48. The van der Waals surface area contributed by atoms with E-state index in [0.29, 0.717) is 22.3 Å². The molecule has 26 heavy (non-hydrogen) atoms. The third kappa shape index (κ3) is 4.00. The Labute approximate surface area is 158 Å². The van der Waals surface area contributed by atoms with Crippen molar-refractivity contribution in [3.05, 3.63) is 47.0 Å². The van der Waals surface area contributed by atoms with Crippen LogP contribution in [0.3, 0.4) is 0 Å². The van der Waals surface area contributed by atoms with Crippen molar-refractivity contribution in [1.82, 2.24) is 14.9 Å². The zero-order chi connectivity index (χ0) is 18.7. The van der Waals surface area contributed by atoms with Crippen LogP contribution in [0.15, 0.2) is 30.7 Å². The van der Waals surface area contributed by atoms with Crippen molar-refractivity contribution in [3.63, 3.8) is 0 Å². The lowest BCUT2D eigenvalue weighted by atomic mass is 9.90. The molecule has 0 radical (unpaired) electrons. The second kappa shape index (κ2) is 7.79. The fourth-order valence-corrected chi connectivity index (χ4v) is 3.64. The van der Waals surface area contributed by atoms with Crippen LogP contribution in [0.25, 0.3) is 0 Å². The van der Waals surface area contributed by atoms with E-state index in [1.807, 2.05) is 19.2 Å². The largest absolute Gasteiger partial charge is 0.372 e. The molecule has 7 heteroatoms. The van der Waals surface area contributed by atoms with E-state index in [2.05, 4.69) is 28.3 Å². The number of anilines is 1. The van der Waals surface area contributed by atoms with Crippen LogP contribution in [0.1, 0.15) is 41.7 Å². The van der Waals surface area contributed by atoms with Crippen molar-refractivity contribution in [2.24, 2.45) is 7.05 Å². The molecule has 6 nitrogen and oxygen atoms in total. The smallest absolute Gasteiger partial charge is 0.271 e. The number of amides is 1. The van der Waals surface area contributed by atoms with Crippen LogP contribution in [0, 0.1) is 11.3 Å². The molecule has 1 heterocycles. The van der Waals surface area contributed by atoms with Crippen molar-refractivity contribution in [1.29, 1.82) is 5.26 Å². The molecule has 0 saturated heterocycles. The van der Waals surface area contributed by atoms with Crippen LogP contribution in [-0.2, 0) is 7.05 Å². The highest BCUT2D eigenvalue weighted by atomic mass is 35.5. The maximum Gasteiger partial charge on any atom is 0.271 e. The summed E-state index contributed by atoms with van der Waals surface area (Å²) in [4.78, 5) is 18.5. The van der Waals surface area contributed by atoms with Crippen molar-refractivity contribution in [3.8, 4) is 6.07 Å². The van der Waals surface area contributed by atoms with E-state index in [4.69, 9.17) is 16.9 Å². The van der Waals surface area contributed by atoms with Crippen molar-refractivity contribution >= 4 is 23.2 Å². The molecule has 0 aliphatic heterocycles. The van der Waals surface area contributed by atoms with Gasteiger partial charge in [-0.2, -0.15) is 5.26 Å². The normalized spacial score (nSPS) is 19.6. The lowest BCUT2D eigenvalue weighted by molar-refractivity contribution is 0.0921. The first-order valence-electron chi connectivity index (χ1n) is 8.69. The van der Waals surface area contributed by atoms with Gasteiger partial charge < -0.3 is 14.8 Å². The standard InChI is InChI=1S/C19H22ClN5O/c1-24-11-18(22-12-24)19(26)23-14-4-7-15(8-5-14)25(2)16-6-3-13(10-21)17(20)9-16/h3,6,9,11-12,14-15H,4-5,7-8H2,1-2H3,(H,23,26). The van der Waals surface area contributed by atoms with Gasteiger partial charge >= 0.3 is 0 Å². The predicted molar refractivity (Wildman–Crippen MR) is 101 cm³/mol. The SMILES string of the molecule is CN(c1ccc(C#N)c(Cl)c1)C1CCC(NC(=O)c2cn(C)cn2)CC1.